The number of hydrogen-bond acceptors (Lipinski definition) is 3. The van der Waals surface area contributed by atoms with Gasteiger partial charge in [0.15, 0.2) is 0 Å². The van der Waals surface area contributed by atoms with E-state index in [0.29, 0.717) is 19.4 Å². The van der Waals surface area contributed by atoms with Gasteiger partial charge < -0.3 is 9.05 Å². The van der Waals surface area contributed by atoms with Crippen LogP contribution in [0.4, 0.5) is 0 Å². The summed E-state index contributed by atoms with van der Waals surface area (Å²) in [7, 11) is -2.91. The molecule has 3 nitrogen and oxygen atoms in total. The highest BCUT2D eigenvalue weighted by Crippen LogP contribution is 2.48. The topological polar surface area (TPSA) is 35.5 Å². The molecule has 108 valence electrons. The fourth-order valence-electron chi connectivity index (χ4n) is 1.69. The average Bonchev–Trinajstić information content (AvgIpc) is 2.36. The maximum absolute atomic E-state index is 12.1. The van der Waals surface area contributed by atoms with Crippen molar-refractivity contribution in [3.05, 3.63) is 35.4 Å². The molecule has 1 rings (SSSR count). The molecule has 0 bridgehead atoms. The first kappa shape index (κ1) is 16.4. The maximum Gasteiger partial charge on any atom is 0.330 e. The second-order valence-corrected chi connectivity index (χ2v) is 7.94. The van der Waals surface area contributed by atoms with Gasteiger partial charge in [-0.2, -0.15) is 0 Å². The van der Waals surface area contributed by atoms with Crippen molar-refractivity contribution in [1.29, 1.82) is 0 Å². The van der Waals surface area contributed by atoms with E-state index in [-0.39, 0.29) is 5.41 Å². The zero-order chi connectivity index (χ0) is 14.5. The summed E-state index contributed by atoms with van der Waals surface area (Å²) < 4.78 is 22.8. The van der Waals surface area contributed by atoms with Gasteiger partial charge >= 0.3 is 7.60 Å². The van der Waals surface area contributed by atoms with Crippen LogP contribution in [0.2, 0.25) is 0 Å². The minimum atomic E-state index is -2.91. The third-order valence-electron chi connectivity index (χ3n) is 2.96. The molecule has 1 aromatic carbocycles. The largest absolute Gasteiger partial charge is 0.330 e. The van der Waals surface area contributed by atoms with E-state index in [0.717, 1.165) is 5.56 Å². The number of hydrogen-bond donors (Lipinski definition) is 0. The molecule has 0 spiro atoms. The van der Waals surface area contributed by atoms with Gasteiger partial charge in [0, 0.05) is 6.16 Å². The molecule has 1 unspecified atom stereocenters. The molecule has 0 N–H and O–H groups in total. The van der Waals surface area contributed by atoms with Gasteiger partial charge in [-0.3, -0.25) is 4.57 Å². The molecular weight excluding hydrogens is 259 g/mol. The quantitative estimate of drug-likeness (QED) is 0.707. The summed E-state index contributed by atoms with van der Waals surface area (Å²) in [6.07, 6.45) is 0.404. The molecule has 0 heterocycles. The van der Waals surface area contributed by atoms with Crippen LogP contribution in [-0.2, 0) is 25.6 Å². The highest BCUT2D eigenvalue weighted by Gasteiger charge is 2.21. The minimum Gasteiger partial charge on any atom is -0.309 e. The molecule has 0 saturated carbocycles. The molecule has 19 heavy (non-hydrogen) atoms. The molecule has 0 saturated heterocycles. The van der Waals surface area contributed by atoms with E-state index in [2.05, 4.69) is 32.9 Å². The zero-order valence-electron chi connectivity index (χ0n) is 12.6. The molecule has 0 fully saturated rings. The van der Waals surface area contributed by atoms with Crippen molar-refractivity contribution in [3.8, 4) is 0 Å². The molecular formula is C15H25O3P. The van der Waals surface area contributed by atoms with Crippen LogP contribution in [0.25, 0.3) is 0 Å². The summed E-state index contributed by atoms with van der Waals surface area (Å²) >= 11 is 0. The van der Waals surface area contributed by atoms with Crippen molar-refractivity contribution >= 4 is 7.60 Å². The Bertz CT molecular complexity index is 432. The molecule has 0 radical (unpaired) electrons. The van der Waals surface area contributed by atoms with Crippen LogP contribution < -0.4 is 0 Å². The van der Waals surface area contributed by atoms with E-state index in [1.54, 1.807) is 0 Å². The lowest BCUT2D eigenvalue weighted by atomic mass is 9.87. The lowest BCUT2D eigenvalue weighted by Gasteiger charge is -2.20. The summed E-state index contributed by atoms with van der Waals surface area (Å²) in [4.78, 5) is 0. The second kappa shape index (κ2) is 6.69. The van der Waals surface area contributed by atoms with Crippen molar-refractivity contribution in [2.75, 3.05) is 12.8 Å². The Hall–Kier alpha value is -0.630. The van der Waals surface area contributed by atoms with Crippen molar-refractivity contribution in [1.82, 2.24) is 0 Å². The van der Waals surface area contributed by atoms with Gasteiger partial charge in [0.25, 0.3) is 0 Å². The van der Waals surface area contributed by atoms with Crippen LogP contribution in [0.15, 0.2) is 24.3 Å². The lowest BCUT2D eigenvalue weighted by molar-refractivity contribution is 0.205. The summed E-state index contributed by atoms with van der Waals surface area (Å²) in [5.41, 5.74) is 2.43. The van der Waals surface area contributed by atoms with Gasteiger partial charge in [-0.25, -0.2) is 0 Å². The molecule has 0 aliphatic carbocycles. The number of benzene rings is 1. The van der Waals surface area contributed by atoms with Crippen LogP contribution in [0.3, 0.4) is 0 Å². The second-order valence-electron chi connectivity index (χ2n) is 5.57. The van der Waals surface area contributed by atoms with E-state index in [1.165, 1.54) is 5.56 Å². The van der Waals surface area contributed by atoms with Gasteiger partial charge in [-0.15, -0.1) is 0 Å². The monoisotopic (exact) mass is 284 g/mol. The Morgan fingerprint density at radius 2 is 1.63 bits per heavy atom. The van der Waals surface area contributed by atoms with Crippen LogP contribution in [0.5, 0.6) is 0 Å². The predicted octanol–water partition coefficient (Wildman–Crippen LogP) is 4.75. The first-order valence-electron chi connectivity index (χ1n) is 6.78. The van der Waals surface area contributed by atoms with Crippen LogP contribution >= 0.6 is 7.60 Å². The first-order valence-corrected chi connectivity index (χ1v) is 8.51. The minimum absolute atomic E-state index is 0.142. The average molecular weight is 284 g/mol. The smallest absolute Gasteiger partial charge is 0.309 e. The zero-order valence-corrected chi connectivity index (χ0v) is 13.5. The maximum atomic E-state index is 12.1. The third kappa shape index (κ3) is 5.10. The van der Waals surface area contributed by atoms with Crippen molar-refractivity contribution < 1.29 is 13.6 Å². The molecule has 0 amide bonds. The van der Waals surface area contributed by atoms with Gasteiger partial charge in [-0.05, 0) is 23.5 Å². The van der Waals surface area contributed by atoms with Crippen LogP contribution in [0.1, 0.15) is 45.7 Å². The molecule has 1 aromatic rings. The highest BCUT2D eigenvalue weighted by atomic mass is 31.2. The lowest BCUT2D eigenvalue weighted by Crippen LogP contribution is -2.10. The third-order valence-corrected chi connectivity index (χ3v) is 4.91. The van der Waals surface area contributed by atoms with Crippen LogP contribution in [0, 0.1) is 0 Å². The van der Waals surface area contributed by atoms with E-state index in [9.17, 15) is 4.57 Å². The Balaban J connectivity index is 2.66. The SMILES string of the molecule is CCOP(=O)(CC)OCc1ccc(C(C)(C)C)cc1. The van der Waals surface area contributed by atoms with Gasteiger partial charge in [0.1, 0.15) is 0 Å². The Morgan fingerprint density at radius 1 is 1.05 bits per heavy atom. The first-order chi connectivity index (χ1) is 8.80. The molecule has 0 aliphatic rings. The summed E-state index contributed by atoms with van der Waals surface area (Å²) in [5, 5.41) is 0. The standard InChI is InChI=1S/C15H25O3P/c1-6-17-19(16,7-2)18-12-13-8-10-14(11-9-13)15(3,4)5/h8-11H,6-7,12H2,1-5H3. The normalized spacial score (nSPS) is 15.2. The van der Waals surface area contributed by atoms with Gasteiger partial charge in [0.2, 0.25) is 0 Å². The van der Waals surface area contributed by atoms with E-state index < -0.39 is 7.60 Å². The molecule has 0 aromatic heterocycles. The van der Waals surface area contributed by atoms with Crippen molar-refractivity contribution in [3.63, 3.8) is 0 Å². The fraction of sp³-hybridized carbons (Fsp3) is 0.600. The Labute approximate surface area is 116 Å². The predicted molar refractivity (Wildman–Crippen MR) is 79.7 cm³/mol. The van der Waals surface area contributed by atoms with Crippen molar-refractivity contribution in [2.24, 2.45) is 0 Å². The van der Waals surface area contributed by atoms with E-state index in [1.807, 2.05) is 26.0 Å². The van der Waals surface area contributed by atoms with E-state index >= 15 is 0 Å². The van der Waals surface area contributed by atoms with Gasteiger partial charge in [0.05, 0.1) is 13.2 Å². The Morgan fingerprint density at radius 3 is 2.05 bits per heavy atom. The Kier molecular flexibility index (Phi) is 5.79. The molecule has 4 heteroatoms. The van der Waals surface area contributed by atoms with Crippen LogP contribution in [-0.4, -0.2) is 12.8 Å². The molecule has 0 aliphatic heterocycles. The van der Waals surface area contributed by atoms with Gasteiger partial charge in [-0.1, -0.05) is 52.0 Å². The summed E-state index contributed by atoms with van der Waals surface area (Å²) in [5.74, 6) is 0. The summed E-state index contributed by atoms with van der Waals surface area (Å²) in [6, 6.07) is 8.23. The van der Waals surface area contributed by atoms with E-state index in [4.69, 9.17) is 9.05 Å². The highest BCUT2D eigenvalue weighted by molar-refractivity contribution is 7.53. The molecule has 1 atom stereocenters. The number of rotatable bonds is 6. The van der Waals surface area contributed by atoms with Crippen molar-refractivity contribution in [2.45, 2.75) is 46.6 Å². The summed E-state index contributed by atoms with van der Waals surface area (Å²) in [6.45, 7) is 10.9. The fourth-order valence-corrected chi connectivity index (χ4v) is 2.87.